The molecule has 0 aromatic heterocycles. The van der Waals surface area contributed by atoms with Crippen molar-refractivity contribution < 1.29 is 13.5 Å². The van der Waals surface area contributed by atoms with E-state index in [1.807, 2.05) is 0 Å². The lowest BCUT2D eigenvalue weighted by atomic mass is 9.93. The van der Waals surface area contributed by atoms with Crippen molar-refractivity contribution in [1.29, 1.82) is 0 Å². The second-order valence-electron chi connectivity index (χ2n) is 4.77. The zero-order valence-corrected chi connectivity index (χ0v) is 11.2. The number of hydrogen-bond acceptors (Lipinski definition) is 2. The van der Waals surface area contributed by atoms with Gasteiger partial charge >= 0.3 is 0 Å². The molecule has 2 aromatic carbocycles. The number of rotatable bonds is 1. The molecule has 0 saturated heterocycles. The topological polar surface area (TPSA) is 35.2 Å². The van der Waals surface area contributed by atoms with Gasteiger partial charge in [0.05, 0.1) is 5.02 Å². The summed E-state index contributed by atoms with van der Waals surface area (Å²) in [6.07, 6.45) is -0.157. The molecule has 1 unspecified atom stereocenters. The van der Waals surface area contributed by atoms with Crippen LogP contribution in [0.5, 0.6) is 5.75 Å². The third kappa shape index (κ3) is 2.25. The van der Waals surface area contributed by atoms with Crippen LogP contribution in [0.25, 0.3) is 0 Å². The first-order chi connectivity index (χ1) is 9.56. The van der Waals surface area contributed by atoms with Gasteiger partial charge in [-0.15, -0.1) is 0 Å². The minimum Gasteiger partial charge on any atom is -0.485 e. The third-order valence-corrected chi connectivity index (χ3v) is 3.73. The molecule has 0 radical (unpaired) electrons. The fourth-order valence-corrected chi connectivity index (χ4v) is 2.62. The molecule has 20 heavy (non-hydrogen) atoms. The Bertz CT molecular complexity index is 662. The number of nitrogens with two attached hydrogens (primary N) is 1. The maximum atomic E-state index is 14.0. The highest BCUT2D eigenvalue weighted by Gasteiger charge is 2.29. The number of halogens is 3. The monoisotopic (exact) mass is 295 g/mol. The maximum absolute atomic E-state index is 14.0. The van der Waals surface area contributed by atoms with Crippen molar-refractivity contribution in [3.63, 3.8) is 0 Å². The van der Waals surface area contributed by atoms with E-state index in [9.17, 15) is 8.78 Å². The quantitative estimate of drug-likeness (QED) is 0.858. The van der Waals surface area contributed by atoms with Crippen molar-refractivity contribution >= 4 is 11.6 Å². The normalized spacial score (nSPS) is 21.2. The number of fused-ring (bicyclic) bond motifs is 1. The van der Waals surface area contributed by atoms with Crippen LogP contribution in [0.1, 0.15) is 29.7 Å². The van der Waals surface area contributed by atoms with E-state index < -0.39 is 18.0 Å². The van der Waals surface area contributed by atoms with Crippen molar-refractivity contribution in [3.8, 4) is 5.75 Å². The molecule has 0 bridgehead atoms. The Morgan fingerprint density at radius 2 is 1.95 bits per heavy atom. The molecule has 104 valence electrons. The SMILES string of the molecule is N[C@@H]1CC(c2cccc(Cl)c2F)Oc2ccc(F)cc21. The van der Waals surface area contributed by atoms with Crippen molar-refractivity contribution in [2.45, 2.75) is 18.6 Å². The molecule has 0 saturated carbocycles. The second-order valence-corrected chi connectivity index (χ2v) is 5.18. The average Bonchev–Trinajstić information content (AvgIpc) is 2.42. The van der Waals surface area contributed by atoms with Crippen molar-refractivity contribution in [2.24, 2.45) is 5.73 Å². The lowest BCUT2D eigenvalue weighted by Gasteiger charge is -2.30. The van der Waals surface area contributed by atoms with Crippen LogP contribution in [0.2, 0.25) is 5.02 Å². The second kappa shape index (κ2) is 5.04. The van der Waals surface area contributed by atoms with Gasteiger partial charge in [0, 0.05) is 23.6 Å². The van der Waals surface area contributed by atoms with Gasteiger partial charge in [0.2, 0.25) is 0 Å². The zero-order valence-electron chi connectivity index (χ0n) is 10.4. The number of ether oxygens (including phenoxy) is 1. The Balaban J connectivity index is 1.99. The van der Waals surface area contributed by atoms with Crippen molar-refractivity contribution in [2.75, 3.05) is 0 Å². The summed E-state index contributed by atoms with van der Waals surface area (Å²) in [4.78, 5) is 0. The molecule has 3 rings (SSSR count). The highest BCUT2D eigenvalue weighted by atomic mass is 35.5. The first kappa shape index (κ1) is 13.3. The van der Waals surface area contributed by atoms with E-state index in [0.717, 1.165) is 0 Å². The summed E-state index contributed by atoms with van der Waals surface area (Å²) in [5.74, 6) is -0.387. The molecule has 0 aliphatic carbocycles. The molecule has 0 fully saturated rings. The van der Waals surface area contributed by atoms with Gasteiger partial charge in [-0.05, 0) is 24.3 Å². The van der Waals surface area contributed by atoms with E-state index in [2.05, 4.69) is 0 Å². The Morgan fingerprint density at radius 1 is 1.15 bits per heavy atom. The first-order valence-electron chi connectivity index (χ1n) is 6.22. The lowest BCUT2D eigenvalue weighted by Crippen LogP contribution is -2.25. The molecule has 2 N–H and O–H groups in total. The number of hydrogen-bond donors (Lipinski definition) is 1. The molecule has 1 aliphatic rings. The Labute approximate surface area is 120 Å². The van der Waals surface area contributed by atoms with Crippen LogP contribution in [-0.4, -0.2) is 0 Å². The standard InChI is InChI=1S/C15H12ClF2NO/c16-11-3-1-2-9(15(11)18)14-7-12(19)10-6-8(17)4-5-13(10)20-14/h1-6,12,14H,7,19H2/t12-,14?/m1/s1. The van der Waals surface area contributed by atoms with E-state index in [1.165, 1.54) is 24.3 Å². The van der Waals surface area contributed by atoms with E-state index >= 15 is 0 Å². The molecule has 2 atom stereocenters. The zero-order chi connectivity index (χ0) is 14.3. The smallest absolute Gasteiger partial charge is 0.148 e. The summed E-state index contributed by atoms with van der Waals surface area (Å²) in [5, 5.41) is 0.0459. The summed E-state index contributed by atoms with van der Waals surface area (Å²) in [5.41, 5.74) is 6.99. The van der Waals surface area contributed by atoms with Crippen LogP contribution in [-0.2, 0) is 0 Å². The van der Waals surface area contributed by atoms with Gasteiger partial charge in [0.1, 0.15) is 23.5 Å². The molecular weight excluding hydrogens is 284 g/mol. The summed E-state index contributed by atoms with van der Waals surface area (Å²) in [6, 6.07) is 8.51. The number of benzene rings is 2. The van der Waals surface area contributed by atoms with Gasteiger partial charge in [-0.25, -0.2) is 8.78 Å². The van der Waals surface area contributed by atoms with Crippen LogP contribution in [0.3, 0.4) is 0 Å². The molecule has 2 aromatic rings. The minimum atomic E-state index is -0.526. The average molecular weight is 296 g/mol. The van der Waals surface area contributed by atoms with E-state index in [0.29, 0.717) is 23.3 Å². The minimum absolute atomic E-state index is 0.0459. The van der Waals surface area contributed by atoms with Crippen LogP contribution < -0.4 is 10.5 Å². The molecule has 0 spiro atoms. The van der Waals surface area contributed by atoms with Gasteiger partial charge in [-0.2, -0.15) is 0 Å². The third-order valence-electron chi connectivity index (χ3n) is 3.44. The highest BCUT2D eigenvalue weighted by molar-refractivity contribution is 6.30. The van der Waals surface area contributed by atoms with Crippen LogP contribution >= 0.6 is 11.6 Å². The van der Waals surface area contributed by atoms with Gasteiger partial charge in [-0.1, -0.05) is 23.7 Å². The highest BCUT2D eigenvalue weighted by Crippen LogP contribution is 2.41. The Morgan fingerprint density at radius 3 is 2.75 bits per heavy atom. The fourth-order valence-electron chi connectivity index (χ4n) is 2.43. The Kier molecular flexibility index (Phi) is 3.36. The summed E-state index contributed by atoms with van der Waals surface area (Å²) >= 11 is 5.78. The predicted octanol–water partition coefficient (Wildman–Crippen LogP) is 4.14. The fraction of sp³-hybridized carbons (Fsp3) is 0.200. The van der Waals surface area contributed by atoms with Gasteiger partial charge in [0.25, 0.3) is 0 Å². The molecule has 1 aliphatic heterocycles. The van der Waals surface area contributed by atoms with E-state index in [1.54, 1.807) is 12.1 Å². The summed E-state index contributed by atoms with van der Waals surface area (Å²) in [6.45, 7) is 0. The summed E-state index contributed by atoms with van der Waals surface area (Å²) < 4.78 is 33.0. The van der Waals surface area contributed by atoms with E-state index in [-0.39, 0.29) is 10.8 Å². The van der Waals surface area contributed by atoms with Gasteiger partial charge < -0.3 is 10.5 Å². The largest absolute Gasteiger partial charge is 0.485 e. The molecule has 2 nitrogen and oxygen atoms in total. The van der Waals surface area contributed by atoms with Crippen LogP contribution in [0.4, 0.5) is 8.78 Å². The molecular formula is C15H12ClF2NO. The molecule has 5 heteroatoms. The first-order valence-corrected chi connectivity index (χ1v) is 6.59. The molecule has 0 amide bonds. The lowest BCUT2D eigenvalue weighted by molar-refractivity contribution is 0.157. The van der Waals surface area contributed by atoms with Gasteiger partial charge in [0.15, 0.2) is 0 Å². The van der Waals surface area contributed by atoms with Crippen LogP contribution in [0.15, 0.2) is 36.4 Å². The molecule has 1 heterocycles. The van der Waals surface area contributed by atoms with Crippen molar-refractivity contribution in [3.05, 3.63) is 64.2 Å². The van der Waals surface area contributed by atoms with Crippen LogP contribution in [0, 0.1) is 11.6 Å². The van der Waals surface area contributed by atoms with E-state index in [4.69, 9.17) is 22.1 Å². The summed E-state index contributed by atoms with van der Waals surface area (Å²) in [7, 11) is 0. The maximum Gasteiger partial charge on any atom is 0.148 e. The van der Waals surface area contributed by atoms with Crippen molar-refractivity contribution in [1.82, 2.24) is 0 Å². The Hall–Kier alpha value is -1.65. The predicted molar refractivity (Wildman–Crippen MR) is 72.7 cm³/mol. The van der Waals surface area contributed by atoms with Gasteiger partial charge in [-0.3, -0.25) is 0 Å².